The number of rotatable bonds is 5. The Hall–Kier alpha value is -3.42. The molecule has 0 aromatic heterocycles. The van der Waals surface area contributed by atoms with Crippen LogP contribution >= 0.6 is 0 Å². The minimum Gasteiger partial charge on any atom is -0.487 e. The molecule has 0 spiro atoms. The Morgan fingerprint density at radius 3 is 2.07 bits per heavy atom. The molecule has 0 radical (unpaired) electrons. The number of nitro groups is 1. The zero-order valence-corrected chi connectivity index (χ0v) is 15.5. The number of amides is 2. The molecule has 3 rings (SSSR count). The second-order valence-corrected chi connectivity index (χ2v) is 6.32. The van der Waals surface area contributed by atoms with Gasteiger partial charge >= 0.3 is 5.69 Å². The minimum absolute atomic E-state index is 0.0654. The van der Waals surface area contributed by atoms with E-state index in [9.17, 15) is 19.7 Å². The Bertz CT molecular complexity index is 877. The molecule has 0 unspecified atom stereocenters. The van der Waals surface area contributed by atoms with Gasteiger partial charge in [0.15, 0.2) is 5.75 Å². The summed E-state index contributed by atoms with van der Waals surface area (Å²) in [5, 5.41) is 11.3. The highest BCUT2D eigenvalue weighted by atomic mass is 16.6. The van der Waals surface area contributed by atoms with Crippen molar-refractivity contribution in [1.82, 2.24) is 9.80 Å². The zero-order valence-electron chi connectivity index (χ0n) is 15.5. The second kappa shape index (κ2) is 8.51. The van der Waals surface area contributed by atoms with Crippen LogP contribution in [0.3, 0.4) is 0 Å². The van der Waals surface area contributed by atoms with Crippen molar-refractivity contribution in [2.24, 2.45) is 0 Å². The highest BCUT2D eigenvalue weighted by Gasteiger charge is 2.27. The number of nitro benzene ring substituents is 1. The first-order chi connectivity index (χ1) is 13.5. The molecular formula is C20H21N3O5. The molecule has 0 atom stereocenters. The molecule has 8 heteroatoms. The SMILES string of the molecule is CCOc1ccc(C(=O)N2CCN(C(=O)c3ccccc3)CC2)cc1[N+](=O)[O-]. The van der Waals surface area contributed by atoms with Gasteiger partial charge in [0.05, 0.1) is 11.5 Å². The van der Waals surface area contributed by atoms with Crippen molar-refractivity contribution in [3.63, 3.8) is 0 Å². The van der Waals surface area contributed by atoms with E-state index in [2.05, 4.69) is 0 Å². The van der Waals surface area contributed by atoms with Crippen molar-refractivity contribution in [2.75, 3.05) is 32.8 Å². The van der Waals surface area contributed by atoms with Crippen LogP contribution in [0.4, 0.5) is 5.69 Å². The van der Waals surface area contributed by atoms with E-state index in [0.29, 0.717) is 38.3 Å². The van der Waals surface area contributed by atoms with E-state index in [1.54, 1.807) is 28.9 Å². The van der Waals surface area contributed by atoms with Gasteiger partial charge < -0.3 is 14.5 Å². The van der Waals surface area contributed by atoms with Gasteiger partial charge in [-0.15, -0.1) is 0 Å². The van der Waals surface area contributed by atoms with Crippen LogP contribution < -0.4 is 4.74 Å². The standard InChI is InChI=1S/C20H21N3O5/c1-2-28-18-9-8-16(14-17(18)23(26)27)20(25)22-12-10-21(11-13-22)19(24)15-6-4-3-5-7-15/h3-9,14H,2,10-13H2,1H3. The number of carbonyl (C=O) groups is 2. The third-order valence-electron chi connectivity index (χ3n) is 4.58. The molecule has 1 saturated heterocycles. The number of hydrogen-bond acceptors (Lipinski definition) is 5. The van der Waals surface area contributed by atoms with E-state index < -0.39 is 4.92 Å². The van der Waals surface area contributed by atoms with Crippen LogP contribution in [-0.2, 0) is 0 Å². The molecule has 1 fully saturated rings. The van der Waals surface area contributed by atoms with E-state index in [4.69, 9.17) is 4.74 Å². The van der Waals surface area contributed by atoms with Crippen molar-refractivity contribution >= 4 is 17.5 Å². The van der Waals surface area contributed by atoms with Crippen LogP contribution in [0.5, 0.6) is 5.75 Å². The van der Waals surface area contributed by atoms with Gasteiger partial charge in [0.25, 0.3) is 11.8 Å². The fourth-order valence-electron chi connectivity index (χ4n) is 3.13. The number of ether oxygens (including phenoxy) is 1. The fourth-order valence-corrected chi connectivity index (χ4v) is 3.13. The normalized spacial score (nSPS) is 13.9. The Kier molecular flexibility index (Phi) is 5.88. The summed E-state index contributed by atoms with van der Waals surface area (Å²) in [7, 11) is 0. The van der Waals surface area contributed by atoms with Gasteiger partial charge in [0.1, 0.15) is 0 Å². The molecule has 146 valence electrons. The summed E-state index contributed by atoms with van der Waals surface area (Å²) in [6.07, 6.45) is 0. The van der Waals surface area contributed by atoms with Crippen molar-refractivity contribution in [2.45, 2.75) is 6.92 Å². The quantitative estimate of drug-likeness (QED) is 0.584. The lowest BCUT2D eigenvalue weighted by Crippen LogP contribution is -2.50. The molecule has 0 saturated carbocycles. The van der Waals surface area contributed by atoms with Gasteiger partial charge in [-0.05, 0) is 31.2 Å². The monoisotopic (exact) mass is 383 g/mol. The largest absolute Gasteiger partial charge is 0.487 e. The number of benzene rings is 2. The van der Waals surface area contributed by atoms with Gasteiger partial charge in [-0.25, -0.2) is 0 Å². The average molecular weight is 383 g/mol. The second-order valence-electron chi connectivity index (χ2n) is 6.32. The highest BCUT2D eigenvalue weighted by Crippen LogP contribution is 2.28. The summed E-state index contributed by atoms with van der Waals surface area (Å²) < 4.78 is 5.25. The van der Waals surface area contributed by atoms with E-state index in [0.717, 1.165) is 0 Å². The van der Waals surface area contributed by atoms with E-state index in [-0.39, 0.29) is 28.8 Å². The summed E-state index contributed by atoms with van der Waals surface area (Å²) >= 11 is 0. The summed E-state index contributed by atoms with van der Waals surface area (Å²) in [5.41, 5.74) is 0.619. The summed E-state index contributed by atoms with van der Waals surface area (Å²) in [4.78, 5) is 39.3. The van der Waals surface area contributed by atoms with Gasteiger partial charge in [0.2, 0.25) is 0 Å². The first kappa shape index (κ1) is 19.3. The number of carbonyl (C=O) groups excluding carboxylic acids is 2. The van der Waals surface area contributed by atoms with Gasteiger partial charge in [-0.1, -0.05) is 18.2 Å². The van der Waals surface area contributed by atoms with Crippen LogP contribution in [0.15, 0.2) is 48.5 Å². The van der Waals surface area contributed by atoms with Crippen LogP contribution in [0.1, 0.15) is 27.6 Å². The fraction of sp³-hybridized carbons (Fsp3) is 0.300. The summed E-state index contributed by atoms with van der Waals surface area (Å²) in [5.74, 6) is -0.218. The third kappa shape index (κ3) is 4.11. The van der Waals surface area contributed by atoms with Crippen LogP contribution in [-0.4, -0.2) is 59.3 Å². The Morgan fingerprint density at radius 2 is 1.54 bits per heavy atom. The lowest BCUT2D eigenvalue weighted by Gasteiger charge is -2.34. The van der Waals surface area contributed by atoms with Crippen LogP contribution in [0.2, 0.25) is 0 Å². The lowest BCUT2D eigenvalue weighted by molar-refractivity contribution is -0.385. The maximum atomic E-state index is 12.7. The number of piperazine rings is 1. The third-order valence-corrected chi connectivity index (χ3v) is 4.58. The first-order valence-corrected chi connectivity index (χ1v) is 9.06. The predicted octanol–water partition coefficient (Wildman–Crippen LogP) is 2.59. The molecule has 8 nitrogen and oxygen atoms in total. The van der Waals surface area contributed by atoms with Crippen molar-refractivity contribution in [3.8, 4) is 5.75 Å². The molecule has 1 aliphatic heterocycles. The predicted molar refractivity (Wildman–Crippen MR) is 103 cm³/mol. The van der Waals surface area contributed by atoms with Crippen LogP contribution in [0.25, 0.3) is 0 Å². The van der Waals surface area contributed by atoms with Crippen molar-refractivity contribution in [3.05, 3.63) is 69.8 Å². The smallest absolute Gasteiger partial charge is 0.311 e. The lowest BCUT2D eigenvalue weighted by atomic mass is 10.1. The average Bonchev–Trinajstić information content (AvgIpc) is 2.74. The molecule has 1 aliphatic rings. The van der Waals surface area contributed by atoms with Crippen molar-refractivity contribution in [1.29, 1.82) is 0 Å². The summed E-state index contributed by atoms with van der Waals surface area (Å²) in [6, 6.07) is 13.2. The Balaban J connectivity index is 1.67. The molecule has 0 N–H and O–H groups in total. The molecular weight excluding hydrogens is 362 g/mol. The molecule has 2 aromatic rings. The van der Waals surface area contributed by atoms with E-state index >= 15 is 0 Å². The van der Waals surface area contributed by atoms with Crippen LogP contribution in [0, 0.1) is 10.1 Å². The molecule has 1 heterocycles. The maximum absolute atomic E-state index is 12.7. The molecule has 28 heavy (non-hydrogen) atoms. The Labute approximate surface area is 162 Å². The highest BCUT2D eigenvalue weighted by molar-refractivity contribution is 5.96. The zero-order chi connectivity index (χ0) is 20.1. The van der Waals surface area contributed by atoms with Gasteiger partial charge in [0, 0.05) is 43.4 Å². The number of nitrogens with zero attached hydrogens (tertiary/aromatic N) is 3. The minimum atomic E-state index is -0.557. The van der Waals surface area contributed by atoms with Crippen molar-refractivity contribution < 1.29 is 19.2 Å². The molecule has 0 aliphatic carbocycles. The number of hydrogen-bond donors (Lipinski definition) is 0. The van der Waals surface area contributed by atoms with Gasteiger partial charge in [-0.2, -0.15) is 0 Å². The van der Waals surface area contributed by atoms with E-state index in [1.807, 2.05) is 18.2 Å². The molecule has 0 bridgehead atoms. The topological polar surface area (TPSA) is 93.0 Å². The van der Waals surface area contributed by atoms with E-state index in [1.165, 1.54) is 18.2 Å². The molecule has 2 aromatic carbocycles. The summed E-state index contributed by atoms with van der Waals surface area (Å²) in [6.45, 7) is 3.61. The maximum Gasteiger partial charge on any atom is 0.311 e. The Morgan fingerprint density at radius 1 is 0.964 bits per heavy atom. The molecule has 2 amide bonds. The van der Waals surface area contributed by atoms with Gasteiger partial charge in [-0.3, -0.25) is 19.7 Å². The first-order valence-electron chi connectivity index (χ1n) is 9.06.